The van der Waals surface area contributed by atoms with E-state index in [0.29, 0.717) is 0 Å². The molecule has 0 aliphatic carbocycles. The zero-order valence-electron chi connectivity index (χ0n) is 7.75. The predicted octanol–water partition coefficient (Wildman–Crippen LogP) is -2.50. The Balaban J connectivity index is -0.0000000450. The van der Waals surface area contributed by atoms with Crippen LogP contribution in [0.1, 0.15) is 13.8 Å². The van der Waals surface area contributed by atoms with Crippen molar-refractivity contribution in [1.29, 1.82) is 0 Å². The summed E-state index contributed by atoms with van der Waals surface area (Å²) in [6.45, 7) is 1.94. The predicted molar refractivity (Wildman–Crippen MR) is 41.4 cm³/mol. The maximum absolute atomic E-state index is 9.56. The first-order valence-electron chi connectivity index (χ1n) is 2.80. The quantitative estimate of drug-likeness (QED) is 0.448. The van der Waals surface area contributed by atoms with Crippen LogP contribution in [-0.4, -0.2) is 28.7 Å². The summed E-state index contributed by atoms with van der Waals surface area (Å²) in [6.07, 6.45) is 3.28. The van der Waals surface area contributed by atoms with Crippen LogP contribution in [0.3, 0.4) is 0 Å². The third kappa shape index (κ3) is 7030. The van der Waals surface area contributed by atoms with Crippen molar-refractivity contribution in [3.63, 3.8) is 0 Å². The van der Waals surface area contributed by atoms with Gasteiger partial charge in [0.05, 0.1) is 0 Å². The van der Waals surface area contributed by atoms with Gasteiger partial charge in [0.2, 0.25) is 0 Å². The number of carboxylic acid groups (broad SMARTS) is 2. The van der Waals surface area contributed by atoms with Gasteiger partial charge in [0.25, 0.3) is 0 Å². The summed E-state index contributed by atoms with van der Waals surface area (Å²) in [6, 6.07) is 0. The molecule has 0 amide bonds. The molecule has 13 heavy (non-hydrogen) atoms. The van der Waals surface area contributed by atoms with Crippen molar-refractivity contribution in [3.05, 3.63) is 0 Å². The molecule has 0 aliphatic rings. The van der Waals surface area contributed by atoms with Gasteiger partial charge in [0.15, 0.2) is 0 Å². The molecule has 0 bridgehead atoms. The van der Waals surface area contributed by atoms with Crippen LogP contribution in [0, 0.1) is 0 Å². The van der Waals surface area contributed by atoms with E-state index in [0.717, 1.165) is 13.8 Å². The zero-order valence-corrected chi connectivity index (χ0v) is 9.51. The van der Waals surface area contributed by atoms with Gasteiger partial charge in [-0.1, -0.05) is 0 Å². The molecular formula is C6H12CuO5S. The van der Waals surface area contributed by atoms with E-state index in [1.165, 1.54) is 0 Å². The van der Waals surface area contributed by atoms with Crippen LogP contribution in [0.2, 0.25) is 0 Å². The molecule has 5 nitrogen and oxygen atoms in total. The Hall–Kier alpha value is -0.391. The van der Waals surface area contributed by atoms with E-state index in [2.05, 4.69) is 0 Å². The number of hydrogen-bond acceptors (Lipinski definition) is 5. The van der Waals surface area contributed by atoms with Crippen molar-refractivity contribution in [2.45, 2.75) is 13.8 Å². The molecule has 0 N–H and O–H groups in total. The fourth-order valence-electron chi connectivity index (χ4n) is 0. The molecule has 0 heterocycles. The molecule has 0 aromatic rings. The molecule has 0 spiro atoms. The largest absolute Gasteiger partial charge is 2.00 e. The average molecular weight is 260 g/mol. The van der Waals surface area contributed by atoms with E-state index in [9.17, 15) is 4.21 Å². The SMILES string of the molecule is CC(=O)[O-].CC(=O)[O-].CS(C)=O.[Cu+2]. The van der Waals surface area contributed by atoms with Gasteiger partial charge < -0.3 is 19.8 Å². The molecule has 0 rings (SSSR count). The molecule has 0 saturated carbocycles. The number of hydrogen-bond donors (Lipinski definition) is 0. The van der Waals surface area contributed by atoms with Gasteiger partial charge >= 0.3 is 17.1 Å². The van der Waals surface area contributed by atoms with E-state index in [4.69, 9.17) is 19.8 Å². The third-order valence-corrected chi connectivity index (χ3v) is 0. The molecule has 0 saturated heterocycles. The summed E-state index contributed by atoms with van der Waals surface area (Å²) in [7, 11) is -0.611. The molecule has 0 aromatic carbocycles. The first kappa shape index (κ1) is 22.9. The zero-order chi connectivity index (χ0) is 10.7. The summed E-state index contributed by atoms with van der Waals surface area (Å²) < 4.78 is 9.56. The standard InChI is InChI=1S/2C2H4O2.C2H6OS.Cu/c2*1-2(3)4;1-4(2)3;/h2*1H3,(H,3,4);1-2H3;/q;;;+2/p-2. The molecule has 0 aliphatic heterocycles. The fraction of sp³-hybridized carbons (Fsp3) is 0.667. The Morgan fingerprint density at radius 2 is 1.00 bits per heavy atom. The van der Waals surface area contributed by atoms with E-state index in [1.54, 1.807) is 12.5 Å². The van der Waals surface area contributed by atoms with Crippen molar-refractivity contribution in [2.24, 2.45) is 0 Å². The minimum Gasteiger partial charge on any atom is -0.550 e. The van der Waals surface area contributed by atoms with E-state index in [-0.39, 0.29) is 17.1 Å². The summed E-state index contributed by atoms with van der Waals surface area (Å²) in [4.78, 5) is 17.8. The molecule has 0 atom stereocenters. The maximum atomic E-state index is 9.56. The normalized spacial score (nSPS) is 6.54. The van der Waals surface area contributed by atoms with Crippen molar-refractivity contribution in [1.82, 2.24) is 0 Å². The van der Waals surface area contributed by atoms with E-state index < -0.39 is 22.7 Å². The first-order valence-corrected chi connectivity index (χ1v) is 4.77. The van der Waals surface area contributed by atoms with Gasteiger partial charge in [0.1, 0.15) is 0 Å². The molecule has 0 unspecified atom stereocenters. The van der Waals surface area contributed by atoms with Gasteiger partial charge in [-0.25, -0.2) is 0 Å². The molecule has 0 aromatic heterocycles. The van der Waals surface area contributed by atoms with Crippen LogP contribution in [0.15, 0.2) is 0 Å². The van der Waals surface area contributed by atoms with Gasteiger partial charge in [-0.15, -0.1) is 0 Å². The number of carboxylic acids is 2. The molecule has 0 fully saturated rings. The molecular weight excluding hydrogens is 248 g/mol. The second kappa shape index (κ2) is 17.6. The summed E-state index contributed by atoms with van der Waals surface area (Å²) >= 11 is 0. The minimum absolute atomic E-state index is 0. The number of carbonyl (C=O) groups is 2. The Bertz CT molecular complexity index is 119. The van der Waals surface area contributed by atoms with Gasteiger partial charge in [-0.2, -0.15) is 0 Å². The van der Waals surface area contributed by atoms with Gasteiger partial charge in [0, 0.05) is 35.2 Å². The van der Waals surface area contributed by atoms with E-state index >= 15 is 0 Å². The smallest absolute Gasteiger partial charge is 0.550 e. The van der Waals surface area contributed by atoms with Gasteiger partial charge in [-0.05, 0) is 13.8 Å². The minimum atomic E-state index is -1.08. The topological polar surface area (TPSA) is 97.3 Å². The Labute approximate surface area is 90.5 Å². The molecule has 83 valence electrons. The second-order valence-electron chi connectivity index (χ2n) is 1.72. The second-order valence-corrected chi connectivity index (χ2v) is 3.21. The monoisotopic (exact) mass is 259 g/mol. The first-order chi connectivity index (χ1) is 5.20. The Morgan fingerprint density at radius 3 is 1.00 bits per heavy atom. The third-order valence-electron chi connectivity index (χ3n) is 0. The van der Waals surface area contributed by atoms with Gasteiger partial charge in [-0.3, -0.25) is 4.21 Å². The van der Waals surface area contributed by atoms with Crippen LogP contribution >= 0.6 is 0 Å². The summed E-state index contributed by atoms with van der Waals surface area (Å²) in [5.74, 6) is -2.17. The molecule has 1 radical (unpaired) electrons. The van der Waals surface area contributed by atoms with Crippen LogP contribution in [0.4, 0.5) is 0 Å². The summed E-state index contributed by atoms with van der Waals surface area (Å²) in [5, 5.41) is 17.8. The summed E-state index contributed by atoms with van der Waals surface area (Å²) in [5.41, 5.74) is 0. The van der Waals surface area contributed by atoms with E-state index in [1.807, 2.05) is 0 Å². The Morgan fingerprint density at radius 1 is 1.00 bits per heavy atom. The van der Waals surface area contributed by atoms with Crippen LogP contribution in [0.5, 0.6) is 0 Å². The average Bonchev–Trinajstić information content (AvgIpc) is 1.54. The van der Waals surface area contributed by atoms with Crippen molar-refractivity contribution in [2.75, 3.05) is 12.5 Å². The Kier molecular flexibility index (Phi) is 31.1. The van der Waals surface area contributed by atoms with Crippen LogP contribution in [-0.2, 0) is 37.5 Å². The van der Waals surface area contributed by atoms with Crippen molar-refractivity contribution < 1.29 is 41.1 Å². The number of carbonyl (C=O) groups excluding carboxylic acids is 2. The van der Waals surface area contributed by atoms with Crippen LogP contribution in [0.25, 0.3) is 0 Å². The number of rotatable bonds is 0. The number of aliphatic carboxylic acids is 2. The maximum Gasteiger partial charge on any atom is 2.00 e. The molecule has 7 heteroatoms. The van der Waals surface area contributed by atoms with Crippen molar-refractivity contribution >= 4 is 22.7 Å². The van der Waals surface area contributed by atoms with Crippen molar-refractivity contribution in [3.8, 4) is 0 Å². The van der Waals surface area contributed by atoms with Crippen LogP contribution < -0.4 is 10.2 Å². The fourth-order valence-corrected chi connectivity index (χ4v) is 0.